The van der Waals surface area contributed by atoms with Crippen molar-refractivity contribution in [3.05, 3.63) is 0 Å². The van der Waals surface area contributed by atoms with Crippen LogP contribution in [-0.2, 0) is 0 Å². The van der Waals surface area contributed by atoms with Gasteiger partial charge in [-0.3, -0.25) is 0 Å². The molecule has 8 heavy (non-hydrogen) atoms. The smallest absolute Gasteiger partial charge is 0.309 e. The third-order valence-electron chi connectivity index (χ3n) is 0.129. The van der Waals surface area contributed by atoms with E-state index in [1.807, 2.05) is 0 Å². The van der Waals surface area contributed by atoms with Crippen LogP contribution in [0.25, 0.3) is 0 Å². The SMILES string of the molecule is NC(N)=O.NCCS. The van der Waals surface area contributed by atoms with E-state index in [0.29, 0.717) is 6.54 Å². The summed E-state index contributed by atoms with van der Waals surface area (Å²) in [6.07, 6.45) is 0. The van der Waals surface area contributed by atoms with Gasteiger partial charge in [-0.1, -0.05) is 0 Å². The summed E-state index contributed by atoms with van der Waals surface area (Å²) < 4.78 is 0. The van der Waals surface area contributed by atoms with Crippen molar-refractivity contribution in [1.82, 2.24) is 0 Å². The summed E-state index contributed by atoms with van der Waals surface area (Å²) in [6, 6.07) is -0.833. The third kappa shape index (κ3) is 348. The highest BCUT2D eigenvalue weighted by Gasteiger charge is 1.60. The van der Waals surface area contributed by atoms with Crippen molar-refractivity contribution in [3.63, 3.8) is 0 Å². The van der Waals surface area contributed by atoms with E-state index in [-0.39, 0.29) is 0 Å². The molecule has 0 aromatic carbocycles. The van der Waals surface area contributed by atoms with E-state index in [0.717, 1.165) is 5.75 Å². The predicted octanol–water partition coefficient (Wildman–Crippen LogP) is -1.10. The van der Waals surface area contributed by atoms with E-state index in [4.69, 9.17) is 10.5 Å². The summed E-state index contributed by atoms with van der Waals surface area (Å²) >= 11 is 3.80. The van der Waals surface area contributed by atoms with E-state index >= 15 is 0 Å². The van der Waals surface area contributed by atoms with Gasteiger partial charge in [0.25, 0.3) is 0 Å². The van der Waals surface area contributed by atoms with Crippen molar-refractivity contribution >= 4 is 18.7 Å². The van der Waals surface area contributed by atoms with Crippen molar-refractivity contribution < 1.29 is 4.79 Å². The second kappa shape index (κ2) is 9.77. The molecular formula is C3H11N3OS. The van der Waals surface area contributed by atoms with Gasteiger partial charge in [-0.15, -0.1) is 0 Å². The molecule has 0 saturated carbocycles. The molecule has 0 aliphatic heterocycles. The summed E-state index contributed by atoms with van der Waals surface area (Å²) in [5, 5.41) is 0. The zero-order valence-corrected chi connectivity index (χ0v) is 5.40. The number of thiol groups is 1. The first-order chi connectivity index (χ1) is 3.65. The molecule has 0 radical (unpaired) electrons. The number of rotatable bonds is 1. The highest BCUT2D eigenvalue weighted by molar-refractivity contribution is 7.80. The molecule has 0 bridgehead atoms. The maximum absolute atomic E-state index is 9.00. The number of nitrogens with two attached hydrogens (primary N) is 3. The molecule has 0 aromatic rings. The molecule has 0 aliphatic rings. The van der Waals surface area contributed by atoms with Crippen molar-refractivity contribution in [2.24, 2.45) is 17.2 Å². The number of hydrogen-bond acceptors (Lipinski definition) is 3. The van der Waals surface area contributed by atoms with Crippen LogP contribution in [0.5, 0.6) is 0 Å². The van der Waals surface area contributed by atoms with Crippen LogP contribution in [0.4, 0.5) is 4.79 Å². The highest BCUT2D eigenvalue weighted by Crippen LogP contribution is 1.58. The lowest BCUT2D eigenvalue weighted by Crippen LogP contribution is -2.18. The minimum absolute atomic E-state index is 0.684. The normalized spacial score (nSPS) is 6.75. The molecule has 0 atom stereocenters. The van der Waals surface area contributed by atoms with Gasteiger partial charge in [0.2, 0.25) is 0 Å². The van der Waals surface area contributed by atoms with Gasteiger partial charge in [-0.25, -0.2) is 4.79 Å². The van der Waals surface area contributed by atoms with Gasteiger partial charge in [0, 0.05) is 12.3 Å². The second-order valence-electron chi connectivity index (χ2n) is 0.915. The van der Waals surface area contributed by atoms with Crippen LogP contribution in [0.3, 0.4) is 0 Å². The number of amides is 2. The molecule has 0 heterocycles. The number of carbonyl (C=O) groups is 1. The lowest BCUT2D eigenvalue weighted by molar-refractivity contribution is 0.256. The van der Waals surface area contributed by atoms with Crippen LogP contribution in [0, 0.1) is 0 Å². The van der Waals surface area contributed by atoms with Crippen molar-refractivity contribution in [2.75, 3.05) is 12.3 Å². The van der Waals surface area contributed by atoms with E-state index < -0.39 is 6.03 Å². The molecule has 0 aromatic heterocycles. The first-order valence-electron chi connectivity index (χ1n) is 2.01. The fourth-order valence-corrected chi connectivity index (χ4v) is 0. The summed E-state index contributed by atoms with van der Waals surface area (Å²) in [5.41, 5.74) is 13.5. The van der Waals surface area contributed by atoms with E-state index in [2.05, 4.69) is 24.1 Å². The van der Waals surface area contributed by atoms with Crippen molar-refractivity contribution in [3.8, 4) is 0 Å². The largest absolute Gasteiger partial charge is 0.352 e. The van der Waals surface area contributed by atoms with E-state index in [1.165, 1.54) is 0 Å². The van der Waals surface area contributed by atoms with Crippen LogP contribution in [-0.4, -0.2) is 18.3 Å². The van der Waals surface area contributed by atoms with Gasteiger partial charge in [0.1, 0.15) is 0 Å². The second-order valence-corrected chi connectivity index (χ2v) is 1.36. The Hall–Kier alpha value is -0.420. The average Bonchev–Trinajstić information content (AvgIpc) is 1.65. The molecule has 0 fully saturated rings. The summed E-state index contributed by atoms with van der Waals surface area (Å²) in [6.45, 7) is 0.684. The summed E-state index contributed by atoms with van der Waals surface area (Å²) in [5.74, 6) is 0.792. The van der Waals surface area contributed by atoms with Gasteiger partial charge in [-0.05, 0) is 0 Å². The standard InChI is InChI=1S/C2H7NS.CH4N2O/c3-1-2-4;2-1(3)4/h4H,1-3H2;(H4,2,3,4). The maximum Gasteiger partial charge on any atom is 0.309 e. The van der Waals surface area contributed by atoms with E-state index in [1.54, 1.807) is 0 Å². The van der Waals surface area contributed by atoms with Gasteiger partial charge in [-0.2, -0.15) is 12.6 Å². The molecule has 5 heteroatoms. The number of hydrogen-bond donors (Lipinski definition) is 4. The minimum Gasteiger partial charge on any atom is -0.352 e. The first-order valence-corrected chi connectivity index (χ1v) is 2.64. The molecule has 4 nitrogen and oxygen atoms in total. The van der Waals surface area contributed by atoms with Crippen LogP contribution < -0.4 is 17.2 Å². The molecule has 0 saturated heterocycles. The van der Waals surface area contributed by atoms with Crippen molar-refractivity contribution in [2.45, 2.75) is 0 Å². The zero-order valence-electron chi connectivity index (χ0n) is 4.50. The maximum atomic E-state index is 9.00. The Balaban J connectivity index is 0. The zero-order chi connectivity index (χ0) is 6.99. The number of primary amides is 2. The molecule has 50 valence electrons. The molecule has 6 N–H and O–H groups in total. The van der Waals surface area contributed by atoms with Crippen LogP contribution in [0.2, 0.25) is 0 Å². The number of urea groups is 1. The quantitative estimate of drug-likeness (QED) is 0.345. The fourth-order valence-electron chi connectivity index (χ4n) is 0. The lowest BCUT2D eigenvalue weighted by atomic mass is 10.8. The molecular weight excluding hydrogens is 126 g/mol. The van der Waals surface area contributed by atoms with Crippen molar-refractivity contribution in [1.29, 1.82) is 0 Å². The van der Waals surface area contributed by atoms with Gasteiger partial charge >= 0.3 is 6.03 Å². The average molecular weight is 137 g/mol. The van der Waals surface area contributed by atoms with Crippen LogP contribution in [0.15, 0.2) is 0 Å². The fraction of sp³-hybridized carbons (Fsp3) is 0.667. The highest BCUT2D eigenvalue weighted by atomic mass is 32.1. The molecule has 0 rings (SSSR count). The summed E-state index contributed by atoms with van der Waals surface area (Å²) in [4.78, 5) is 9.00. The first kappa shape index (κ1) is 10.5. The lowest BCUT2D eigenvalue weighted by Gasteiger charge is -1.69. The van der Waals surface area contributed by atoms with Crippen LogP contribution >= 0.6 is 12.6 Å². The Morgan fingerprint density at radius 3 is 1.62 bits per heavy atom. The molecule has 0 aliphatic carbocycles. The topological polar surface area (TPSA) is 95.1 Å². The number of carbonyl (C=O) groups excluding carboxylic acids is 1. The molecule has 0 unspecified atom stereocenters. The van der Waals surface area contributed by atoms with Gasteiger partial charge in [0.05, 0.1) is 0 Å². The van der Waals surface area contributed by atoms with Crippen LogP contribution in [0.1, 0.15) is 0 Å². The Kier molecular flexibility index (Phi) is 12.9. The monoisotopic (exact) mass is 137 g/mol. The predicted molar refractivity (Wildman–Crippen MR) is 36.7 cm³/mol. The Morgan fingerprint density at radius 1 is 1.50 bits per heavy atom. The molecule has 2 amide bonds. The molecule has 0 spiro atoms. The van der Waals surface area contributed by atoms with Gasteiger partial charge < -0.3 is 17.2 Å². The third-order valence-corrected chi connectivity index (χ3v) is 0.387. The van der Waals surface area contributed by atoms with E-state index in [9.17, 15) is 0 Å². The summed E-state index contributed by atoms with van der Waals surface area (Å²) in [7, 11) is 0. The van der Waals surface area contributed by atoms with Gasteiger partial charge in [0.15, 0.2) is 0 Å². The Bertz CT molecular complexity index is 52.5. The Labute approximate surface area is 53.8 Å². The minimum atomic E-state index is -0.833. The Morgan fingerprint density at radius 2 is 1.62 bits per heavy atom.